The second-order valence-corrected chi connectivity index (χ2v) is 7.93. The summed E-state index contributed by atoms with van der Waals surface area (Å²) >= 11 is 6.17. The summed E-state index contributed by atoms with van der Waals surface area (Å²) in [6, 6.07) is 20.2. The highest BCUT2D eigenvalue weighted by Gasteiger charge is 2.20. The standard InChI is InChI=1S/C25H20ClN3O3/c1-2-32-25(31)23-14-22-21(28(23)15-16-4-3-5-18(26)12-16)8-9-24(30)29(22)19-6-7-20-17(13-19)10-11-27-20/h3-14,27H,2,15H2,1H3. The molecule has 0 spiro atoms. The van der Waals surface area contributed by atoms with Gasteiger partial charge in [0.2, 0.25) is 0 Å². The fraction of sp³-hybridized carbons (Fsp3) is 0.120. The van der Waals surface area contributed by atoms with Crippen molar-refractivity contribution in [2.75, 3.05) is 6.61 Å². The number of carbonyl (C=O) groups is 1. The predicted molar refractivity (Wildman–Crippen MR) is 126 cm³/mol. The van der Waals surface area contributed by atoms with Crippen molar-refractivity contribution in [3.8, 4) is 5.69 Å². The van der Waals surface area contributed by atoms with Crippen molar-refractivity contribution < 1.29 is 9.53 Å². The van der Waals surface area contributed by atoms with Crippen LogP contribution in [0.3, 0.4) is 0 Å². The van der Waals surface area contributed by atoms with Gasteiger partial charge in [-0.2, -0.15) is 0 Å². The van der Waals surface area contributed by atoms with E-state index in [1.165, 1.54) is 6.07 Å². The van der Waals surface area contributed by atoms with Crippen LogP contribution in [0.1, 0.15) is 23.0 Å². The van der Waals surface area contributed by atoms with Crippen molar-refractivity contribution in [2.45, 2.75) is 13.5 Å². The van der Waals surface area contributed by atoms with Crippen LogP contribution in [-0.2, 0) is 11.3 Å². The summed E-state index contributed by atoms with van der Waals surface area (Å²) < 4.78 is 8.79. The van der Waals surface area contributed by atoms with Gasteiger partial charge in [-0.1, -0.05) is 23.7 Å². The summed E-state index contributed by atoms with van der Waals surface area (Å²) in [7, 11) is 0. The summed E-state index contributed by atoms with van der Waals surface area (Å²) in [5, 5.41) is 1.61. The Bertz CT molecular complexity index is 1530. The highest BCUT2D eigenvalue weighted by molar-refractivity contribution is 6.30. The Kier molecular flexibility index (Phi) is 5.07. The lowest BCUT2D eigenvalue weighted by molar-refractivity contribution is 0.0515. The van der Waals surface area contributed by atoms with Crippen molar-refractivity contribution in [1.82, 2.24) is 14.1 Å². The Morgan fingerprint density at radius 1 is 1.03 bits per heavy atom. The lowest BCUT2D eigenvalue weighted by atomic mass is 10.2. The number of nitrogens with zero attached hydrogens (tertiary/aromatic N) is 2. The van der Waals surface area contributed by atoms with Crippen LogP contribution in [0.25, 0.3) is 27.6 Å². The van der Waals surface area contributed by atoms with E-state index in [1.807, 2.05) is 53.2 Å². The Labute approximate surface area is 188 Å². The molecule has 160 valence electrons. The Balaban J connectivity index is 1.75. The summed E-state index contributed by atoms with van der Waals surface area (Å²) in [5.74, 6) is -0.439. The van der Waals surface area contributed by atoms with Gasteiger partial charge in [0, 0.05) is 34.7 Å². The fourth-order valence-electron chi connectivity index (χ4n) is 4.06. The maximum atomic E-state index is 12.9. The molecule has 5 rings (SSSR count). The lowest BCUT2D eigenvalue weighted by Crippen LogP contribution is -2.17. The maximum Gasteiger partial charge on any atom is 0.355 e. The molecule has 0 saturated heterocycles. The van der Waals surface area contributed by atoms with Crippen molar-refractivity contribution >= 4 is 39.5 Å². The molecular formula is C25H20ClN3O3. The van der Waals surface area contributed by atoms with E-state index in [-0.39, 0.29) is 12.2 Å². The summed E-state index contributed by atoms with van der Waals surface area (Å²) in [5.41, 5.74) is 4.24. The molecule has 0 fully saturated rings. The van der Waals surface area contributed by atoms with E-state index >= 15 is 0 Å². The van der Waals surface area contributed by atoms with Gasteiger partial charge in [-0.15, -0.1) is 0 Å². The average molecular weight is 446 g/mol. The van der Waals surface area contributed by atoms with Crippen LogP contribution in [0, 0.1) is 0 Å². The molecule has 3 heterocycles. The second kappa shape index (κ2) is 8.05. The lowest BCUT2D eigenvalue weighted by Gasteiger charge is -2.12. The second-order valence-electron chi connectivity index (χ2n) is 7.49. The number of aromatic amines is 1. The molecule has 7 heteroatoms. The van der Waals surface area contributed by atoms with Crippen LogP contribution >= 0.6 is 11.6 Å². The number of rotatable bonds is 5. The van der Waals surface area contributed by atoms with Crippen LogP contribution < -0.4 is 5.56 Å². The van der Waals surface area contributed by atoms with Gasteiger partial charge in [0.15, 0.2) is 0 Å². The van der Waals surface area contributed by atoms with Gasteiger partial charge in [-0.3, -0.25) is 9.36 Å². The first-order valence-electron chi connectivity index (χ1n) is 10.3. The molecule has 0 aliphatic rings. The van der Waals surface area contributed by atoms with Crippen molar-refractivity contribution in [1.29, 1.82) is 0 Å². The van der Waals surface area contributed by atoms with E-state index in [9.17, 15) is 9.59 Å². The fourth-order valence-corrected chi connectivity index (χ4v) is 4.27. The van der Waals surface area contributed by atoms with Crippen LogP contribution in [0.4, 0.5) is 0 Å². The first-order valence-corrected chi connectivity index (χ1v) is 10.7. The van der Waals surface area contributed by atoms with E-state index in [0.717, 1.165) is 27.7 Å². The van der Waals surface area contributed by atoms with Gasteiger partial charge in [-0.05, 0) is 61.0 Å². The van der Waals surface area contributed by atoms with Crippen LogP contribution in [-0.4, -0.2) is 26.7 Å². The number of pyridine rings is 1. The van der Waals surface area contributed by atoms with Gasteiger partial charge in [0.05, 0.1) is 23.3 Å². The SMILES string of the molecule is CCOC(=O)c1cc2c(ccc(=O)n2-c2ccc3[nH]ccc3c2)n1Cc1cccc(Cl)c1. The number of hydrogen-bond acceptors (Lipinski definition) is 3. The molecule has 2 aromatic carbocycles. The molecule has 3 aromatic heterocycles. The highest BCUT2D eigenvalue weighted by Crippen LogP contribution is 2.25. The number of halogens is 1. The van der Waals surface area contributed by atoms with E-state index in [1.54, 1.807) is 29.7 Å². The Morgan fingerprint density at radius 3 is 2.72 bits per heavy atom. The zero-order valence-electron chi connectivity index (χ0n) is 17.3. The minimum absolute atomic E-state index is 0.178. The molecule has 0 saturated carbocycles. The molecule has 0 amide bonds. The van der Waals surface area contributed by atoms with Gasteiger partial charge >= 0.3 is 5.97 Å². The molecule has 0 bridgehead atoms. The number of hydrogen-bond donors (Lipinski definition) is 1. The monoisotopic (exact) mass is 445 g/mol. The third-order valence-electron chi connectivity index (χ3n) is 5.47. The highest BCUT2D eigenvalue weighted by atomic mass is 35.5. The van der Waals surface area contributed by atoms with Gasteiger partial charge < -0.3 is 14.3 Å². The molecule has 0 radical (unpaired) electrons. The summed E-state index contributed by atoms with van der Waals surface area (Å²) in [6.45, 7) is 2.44. The third-order valence-corrected chi connectivity index (χ3v) is 5.71. The summed E-state index contributed by atoms with van der Waals surface area (Å²) in [6.07, 6.45) is 1.86. The van der Waals surface area contributed by atoms with Gasteiger partial charge in [0.25, 0.3) is 5.56 Å². The number of aromatic nitrogens is 3. The van der Waals surface area contributed by atoms with Crippen LogP contribution in [0.5, 0.6) is 0 Å². The molecular weight excluding hydrogens is 426 g/mol. The predicted octanol–water partition coefficient (Wildman–Crippen LogP) is 5.15. The maximum absolute atomic E-state index is 12.9. The van der Waals surface area contributed by atoms with Crippen LogP contribution in [0.15, 0.2) is 77.7 Å². The number of ether oxygens (including phenoxy) is 1. The van der Waals surface area contributed by atoms with Crippen molar-refractivity contribution in [3.05, 3.63) is 99.6 Å². The first-order chi connectivity index (χ1) is 15.5. The number of H-pyrrole nitrogens is 1. The summed E-state index contributed by atoms with van der Waals surface area (Å²) in [4.78, 5) is 28.9. The van der Waals surface area contributed by atoms with E-state index < -0.39 is 5.97 Å². The normalized spacial score (nSPS) is 11.3. The number of carbonyl (C=O) groups excluding carboxylic acids is 1. The number of benzene rings is 2. The molecule has 0 unspecified atom stereocenters. The minimum Gasteiger partial charge on any atom is -0.461 e. The topological polar surface area (TPSA) is 69.0 Å². The van der Waals surface area contributed by atoms with E-state index in [2.05, 4.69) is 4.98 Å². The Hall–Kier alpha value is -3.77. The molecule has 1 N–H and O–H groups in total. The van der Waals surface area contributed by atoms with Crippen molar-refractivity contribution in [2.24, 2.45) is 0 Å². The molecule has 0 atom stereocenters. The number of esters is 1. The first kappa shape index (κ1) is 20.2. The quantitative estimate of drug-likeness (QED) is 0.380. The van der Waals surface area contributed by atoms with Crippen molar-refractivity contribution in [3.63, 3.8) is 0 Å². The largest absolute Gasteiger partial charge is 0.461 e. The Morgan fingerprint density at radius 2 is 1.91 bits per heavy atom. The minimum atomic E-state index is -0.439. The smallest absolute Gasteiger partial charge is 0.355 e. The third kappa shape index (κ3) is 3.48. The molecule has 0 aliphatic heterocycles. The van der Waals surface area contributed by atoms with Gasteiger partial charge in [-0.25, -0.2) is 4.79 Å². The van der Waals surface area contributed by atoms with Crippen LogP contribution in [0.2, 0.25) is 5.02 Å². The number of nitrogens with one attached hydrogen (secondary N) is 1. The van der Waals surface area contributed by atoms with Gasteiger partial charge in [0.1, 0.15) is 5.69 Å². The average Bonchev–Trinajstić information content (AvgIpc) is 3.38. The molecule has 0 aliphatic carbocycles. The molecule has 32 heavy (non-hydrogen) atoms. The zero-order chi connectivity index (χ0) is 22.2. The van der Waals surface area contributed by atoms with E-state index in [4.69, 9.17) is 16.3 Å². The molecule has 6 nitrogen and oxygen atoms in total. The van der Waals surface area contributed by atoms with E-state index in [0.29, 0.717) is 22.8 Å². The zero-order valence-corrected chi connectivity index (χ0v) is 18.1. The number of fused-ring (bicyclic) bond motifs is 2. The molecule has 5 aromatic rings.